The highest BCUT2D eigenvalue weighted by molar-refractivity contribution is 5.77. The quantitative estimate of drug-likeness (QED) is 0.806. The number of nitrogens with zero attached hydrogens (tertiary/aromatic N) is 3. The maximum absolute atomic E-state index is 5.40. The maximum Gasteiger partial charge on any atom is 0.177 e. The van der Waals surface area contributed by atoms with Crippen molar-refractivity contribution in [3.05, 3.63) is 48.4 Å². The zero-order valence-electron chi connectivity index (χ0n) is 12.3. The lowest BCUT2D eigenvalue weighted by Gasteiger charge is -2.26. The Morgan fingerprint density at radius 3 is 2.91 bits per heavy atom. The molecule has 22 heavy (non-hydrogen) atoms. The second-order valence-electron chi connectivity index (χ2n) is 5.59. The van der Waals surface area contributed by atoms with Crippen LogP contribution in [0.15, 0.2) is 42.9 Å². The van der Waals surface area contributed by atoms with Crippen molar-refractivity contribution >= 4 is 11.2 Å². The molecule has 0 spiro atoms. The van der Waals surface area contributed by atoms with E-state index in [1.165, 1.54) is 11.1 Å². The number of fused-ring (bicyclic) bond motifs is 1. The molecule has 1 aromatic carbocycles. The molecular formula is C17H18N4O. The number of nitrogens with one attached hydrogen (secondary N) is 1. The number of hydrogen-bond donors (Lipinski definition) is 1. The fourth-order valence-electron chi connectivity index (χ4n) is 2.85. The number of benzene rings is 1. The molecule has 0 unspecified atom stereocenters. The first kappa shape index (κ1) is 13.4. The predicted octanol–water partition coefficient (Wildman–Crippen LogP) is 2.46. The third-order valence-electron chi connectivity index (χ3n) is 4.04. The number of pyridine rings is 1. The summed E-state index contributed by atoms with van der Waals surface area (Å²) >= 11 is 0. The lowest BCUT2D eigenvalue weighted by Crippen LogP contribution is -2.35. The van der Waals surface area contributed by atoms with E-state index in [2.05, 4.69) is 50.2 Å². The molecule has 0 aliphatic carbocycles. The topological polar surface area (TPSA) is 54.0 Å². The molecule has 1 saturated heterocycles. The van der Waals surface area contributed by atoms with E-state index in [0.29, 0.717) is 0 Å². The molecule has 3 heterocycles. The Morgan fingerprint density at radius 1 is 1.09 bits per heavy atom. The molecule has 0 atom stereocenters. The summed E-state index contributed by atoms with van der Waals surface area (Å²) in [5.74, 6) is 0. The molecule has 1 N–H and O–H groups in total. The minimum absolute atomic E-state index is 0.758. The molecule has 2 aromatic heterocycles. The summed E-state index contributed by atoms with van der Waals surface area (Å²) in [6.07, 6.45) is 3.56. The van der Waals surface area contributed by atoms with E-state index in [1.807, 2.05) is 6.20 Å². The van der Waals surface area contributed by atoms with Gasteiger partial charge >= 0.3 is 0 Å². The Kier molecular flexibility index (Phi) is 3.58. The first-order chi connectivity index (χ1) is 10.9. The molecule has 0 bridgehead atoms. The Balaban J connectivity index is 1.60. The average molecular weight is 294 g/mol. The van der Waals surface area contributed by atoms with E-state index in [4.69, 9.17) is 4.74 Å². The summed E-state index contributed by atoms with van der Waals surface area (Å²) in [7, 11) is 0. The number of rotatable bonds is 3. The van der Waals surface area contributed by atoms with E-state index >= 15 is 0 Å². The van der Waals surface area contributed by atoms with Gasteiger partial charge in [0.15, 0.2) is 5.65 Å². The van der Waals surface area contributed by atoms with Gasteiger partial charge in [-0.05, 0) is 23.3 Å². The first-order valence-electron chi connectivity index (χ1n) is 7.57. The lowest BCUT2D eigenvalue weighted by atomic mass is 10.0. The predicted molar refractivity (Wildman–Crippen MR) is 85.4 cm³/mol. The molecule has 0 amide bonds. The van der Waals surface area contributed by atoms with Crippen LogP contribution in [0.25, 0.3) is 22.3 Å². The Labute approximate surface area is 129 Å². The number of aromatic amines is 1. The zero-order valence-corrected chi connectivity index (χ0v) is 12.3. The van der Waals surface area contributed by atoms with Crippen LogP contribution in [-0.4, -0.2) is 46.2 Å². The van der Waals surface area contributed by atoms with Crippen LogP contribution in [0.1, 0.15) is 5.56 Å². The van der Waals surface area contributed by atoms with Gasteiger partial charge in [0.25, 0.3) is 0 Å². The van der Waals surface area contributed by atoms with Gasteiger partial charge in [0, 0.05) is 31.4 Å². The number of morpholine rings is 1. The van der Waals surface area contributed by atoms with Gasteiger partial charge in [0.05, 0.1) is 25.1 Å². The van der Waals surface area contributed by atoms with Crippen LogP contribution in [0.3, 0.4) is 0 Å². The molecule has 3 aromatic rings. The Hall–Kier alpha value is -2.24. The Morgan fingerprint density at radius 2 is 2.00 bits per heavy atom. The third-order valence-corrected chi connectivity index (χ3v) is 4.04. The minimum Gasteiger partial charge on any atom is -0.379 e. The van der Waals surface area contributed by atoms with Gasteiger partial charge in [-0.25, -0.2) is 9.97 Å². The van der Waals surface area contributed by atoms with Crippen molar-refractivity contribution in [2.24, 2.45) is 0 Å². The van der Waals surface area contributed by atoms with Gasteiger partial charge in [0.1, 0.15) is 0 Å². The molecule has 1 aliphatic heterocycles. The summed E-state index contributed by atoms with van der Waals surface area (Å²) < 4.78 is 5.40. The molecule has 5 nitrogen and oxygen atoms in total. The SMILES string of the molecule is c1cc(CN2CCOCC2)cc(-c2cnc3nc[nH]c3c2)c1. The van der Waals surface area contributed by atoms with Crippen molar-refractivity contribution in [1.29, 1.82) is 0 Å². The summed E-state index contributed by atoms with van der Waals surface area (Å²) in [6.45, 7) is 4.65. The van der Waals surface area contributed by atoms with E-state index in [9.17, 15) is 0 Å². The van der Waals surface area contributed by atoms with E-state index < -0.39 is 0 Å². The summed E-state index contributed by atoms with van der Waals surface area (Å²) in [5.41, 5.74) is 5.35. The molecule has 4 rings (SSSR count). The molecule has 0 saturated carbocycles. The Bertz CT molecular complexity index is 777. The zero-order chi connectivity index (χ0) is 14.8. The van der Waals surface area contributed by atoms with Crippen molar-refractivity contribution in [2.75, 3.05) is 26.3 Å². The van der Waals surface area contributed by atoms with Crippen LogP contribution < -0.4 is 0 Å². The first-order valence-corrected chi connectivity index (χ1v) is 7.57. The van der Waals surface area contributed by atoms with Crippen LogP contribution >= 0.6 is 0 Å². The van der Waals surface area contributed by atoms with Crippen molar-refractivity contribution in [2.45, 2.75) is 6.54 Å². The molecule has 1 fully saturated rings. The van der Waals surface area contributed by atoms with Crippen LogP contribution in [0.5, 0.6) is 0 Å². The molecule has 112 valence electrons. The molecular weight excluding hydrogens is 276 g/mol. The summed E-state index contributed by atoms with van der Waals surface area (Å²) in [6, 6.07) is 10.8. The standard InChI is InChI=1S/C17H18N4O/c1-2-13(11-21-4-6-22-7-5-21)8-14(3-1)15-9-16-17(18-10-15)20-12-19-16/h1-3,8-10,12H,4-7,11H2,(H,18,19,20). The van der Waals surface area contributed by atoms with Gasteiger partial charge in [-0.15, -0.1) is 0 Å². The maximum atomic E-state index is 5.40. The van der Waals surface area contributed by atoms with Gasteiger partial charge < -0.3 is 9.72 Å². The smallest absolute Gasteiger partial charge is 0.177 e. The average Bonchev–Trinajstić information content (AvgIpc) is 3.04. The fourth-order valence-corrected chi connectivity index (χ4v) is 2.85. The fraction of sp³-hybridized carbons (Fsp3) is 0.294. The number of imidazole rings is 1. The van der Waals surface area contributed by atoms with Crippen molar-refractivity contribution in [3.63, 3.8) is 0 Å². The van der Waals surface area contributed by atoms with Crippen molar-refractivity contribution < 1.29 is 4.74 Å². The highest BCUT2D eigenvalue weighted by Crippen LogP contribution is 2.23. The van der Waals surface area contributed by atoms with Gasteiger partial charge in [0.2, 0.25) is 0 Å². The molecule has 1 aliphatic rings. The number of H-pyrrole nitrogens is 1. The lowest BCUT2D eigenvalue weighted by molar-refractivity contribution is 0.0342. The normalized spacial score (nSPS) is 16.2. The summed E-state index contributed by atoms with van der Waals surface area (Å²) in [5, 5.41) is 0. The van der Waals surface area contributed by atoms with E-state index in [-0.39, 0.29) is 0 Å². The monoisotopic (exact) mass is 294 g/mol. The van der Waals surface area contributed by atoms with Crippen molar-refractivity contribution in [3.8, 4) is 11.1 Å². The van der Waals surface area contributed by atoms with E-state index in [0.717, 1.165) is 49.6 Å². The van der Waals surface area contributed by atoms with Gasteiger partial charge in [-0.2, -0.15) is 0 Å². The van der Waals surface area contributed by atoms with Crippen LogP contribution in [0, 0.1) is 0 Å². The number of ether oxygens (including phenoxy) is 1. The molecule has 0 radical (unpaired) electrons. The van der Waals surface area contributed by atoms with E-state index in [1.54, 1.807) is 6.33 Å². The third kappa shape index (κ3) is 2.73. The minimum atomic E-state index is 0.758. The number of aromatic nitrogens is 3. The highest BCUT2D eigenvalue weighted by atomic mass is 16.5. The van der Waals surface area contributed by atoms with Crippen LogP contribution in [0.2, 0.25) is 0 Å². The van der Waals surface area contributed by atoms with Gasteiger partial charge in [-0.3, -0.25) is 4.90 Å². The second-order valence-corrected chi connectivity index (χ2v) is 5.59. The highest BCUT2D eigenvalue weighted by Gasteiger charge is 2.11. The van der Waals surface area contributed by atoms with Crippen LogP contribution in [0.4, 0.5) is 0 Å². The number of hydrogen-bond acceptors (Lipinski definition) is 4. The largest absolute Gasteiger partial charge is 0.379 e. The molecule has 5 heteroatoms. The summed E-state index contributed by atoms with van der Waals surface area (Å²) in [4.78, 5) is 14.1. The second kappa shape index (κ2) is 5.87. The van der Waals surface area contributed by atoms with Crippen LogP contribution in [-0.2, 0) is 11.3 Å². The van der Waals surface area contributed by atoms with Gasteiger partial charge in [-0.1, -0.05) is 18.2 Å². The van der Waals surface area contributed by atoms with Crippen molar-refractivity contribution in [1.82, 2.24) is 19.9 Å².